The minimum atomic E-state index is -0.545. The minimum Gasteiger partial charge on any atom is -0.456 e. The van der Waals surface area contributed by atoms with Crippen LogP contribution in [0.4, 0.5) is 4.39 Å². The van der Waals surface area contributed by atoms with Gasteiger partial charge in [-0.1, -0.05) is 6.42 Å². The van der Waals surface area contributed by atoms with E-state index in [4.69, 9.17) is 9.47 Å². The summed E-state index contributed by atoms with van der Waals surface area (Å²) in [5.41, 5.74) is 0.135. The van der Waals surface area contributed by atoms with Gasteiger partial charge in [-0.15, -0.1) is 0 Å². The van der Waals surface area contributed by atoms with E-state index in [9.17, 15) is 9.18 Å². The summed E-state index contributed by atoms with van der Waals surface area (Å²) in [6.45, 7) is 0. The molecule has 0 aliphatic heterocycles. The molecule has 0 bridgehead atoms. The monoisotopic (exact) mass is 253 g/mol. The molecule has 2 rings (SSSR count). The minimum absolute atomic E-state index is 0.0655. The van der Waals surface area contributed by atoms with Gasteiger partial charge in [0.1, 0.15) is 11.9 Å². The first-order valence-electron chi connectivity index (χ1n) is 6.05. The second kappa shape index (κ2) is 5.91. The molecule has 1 heterocycles. The molecule has 1 aliphatic carbocycles. The molecule has 1 aliphatic rings. The molecule has 2 unspecified atom stereocenters. The third-order valence-corrected chi connectivity index (χ3v) is 3.14. The molecule has 1 aromatic rings. The SMILES string of the molecule is COC1CCCCC1OC(=O)c1cncc(F)c1. The van der Waals surface area contributed by atoms with E-state index in [1.165, 1.54) is 6.20 Å². The fourth-order valence-corrected chi connectivity index (χ4v) is 2.20. The third-order valence-electron chi connectivity index (χ3n) is 3.14. The zero-order valence-electron chi connectivity index (χ0n) is 10.3. The second-order valence-corrected chi connectivity index (χ2v) is 4.39. The number of esters is 1. The number of carbonyl (C=O) groups excluding carboxylic acids is 1. The summed E-state index contributed by atoms with van der Waals surface area (Å²) in [5, 5.41) is 0. The van der Waals surface area contributed by atoms with Crippen LogP contribution >= 0.6 is 0 Å². The molecule has 1 saturated carbocycles. The smallest absolute Gasteiger partial charge is 0.340 e. The van der Waals surface area contributed by atoms with Gasteiger partial charge >= 0.3 is 5.97 Å². The molecule has 4 nitrogen and oxygen atoms in total. The van der Waals surface area contributed by atoms with Crippen LogP contribution in [0.25, 0.3) is 0 Å². The van der Waals surface area contributed by atoms with Crippen LogP contribution in [0.1, 0.15) is 36.0 Å². The molecule has 0 amide bonds. The molecular formula is C13H16FNO3. The van der Waals surface area contributed by atoms with Gasteiger partial charge in [0.2, 0.25) is 0 Å². The van der Waals surface area contributed by atoms with Gasteiger partial charge in [-0.05, 0) is 25.3 Å². The standard InChI is InChI=1S/C13H16FNO3/c1-17-11-4-2-3-5-12(11)18-13(16)9-6-10(14)8-15-7-9/h6-8,11-12H,2-5H2,1H3. The van der Waals surface area contributed by atoms with Gasteiger partial charge in [-0.25, -0.2) is 9.18 Å². The van der Waals surface area contributed by atoms with Gasteiger partial charge in [0.15, 0.2) is 0 Å². The Morgan fingerprint density at radius 1 is 1.33 bits per heavy atom. The highest BCUT2D eigenvalue weighted by Gasteiger charge is 2.28. The van der Waals surface area contributed by atoms with Gasteiger partial charge in [0.05, 0.1) is 17.9 Å². The van der Waals surface area contributed by atoms with Gasteiger partial charge < -0.3 is 9.47 Å². The van der Waals surface area contributed by atoms with Crippen molar-refractivity contribution in [3.8, 4) is 0 Å². The molecule has 5 heteroatoms. The number of ether oxygens (including phenoxy) is 2. The number of nitrogens with zero attached hydrogens (tertiary/aromatic N) is 1. The highest BCUT2D eigenvalue weighted by atomic mass is 19.1. The average Bonchev–Trinajstić information content (AvgIpc) is 2.39. The van der Waals surface area contributed by atoms with E-state index >= 15 is 0 Å². The maximum Gasteiger partial charge on any atom is 0.340 e. The van der Waals surface area contributed by atoms with Crippen LogP contribution in [0.2, 0.25) is 0 Å². The zero-order valence-corrected chi connectivity index (χ0v) is 10.3. The summed E-state index contributed by atoms with van der Waals surface area (Å²) in [5.74, 6) is -1.09. The maximum absolute atomic E-state index is 13.0. The normalized spacial score (nSPS) is 23.7. The molecule has 0 spiro atoms. The van der Waals surface area contributed by atoms with Crippen molar-refractivity contribution in [1.29, 1.82) is 0 Å². The zero-order chi connectivity index (χ0) is 13.0. The van der Waals surface area contributed by atoms with E-state index in [1.54, 1.807) is 7.11 Å². The van der Waals surface area contributed by atoms with Crippen LogP contribution < -0.4 is 0 Å². The van der Waals surface area contributed by atoms with Crippen molar-refractivity contribution in [2.24, 2.45) is 0 Å². The van der Waals surface area contributed by atoms with Crippen LogP contribution in [-0.2, 0) is 9.47 Å². The van der Waals surface area contributed by atoms with E-state index < -0.39 is 11.8 Å². The predicted molar refractivity (Wildman–Crippen MR) is 62.7 cm³/mol. The highest BCUT2D eigenvalue weighted by molar-refractivity contribution is 5.89. The van der Waals surface area contributed by atoms with Gasteiger partial charge in [0.25, 0.3) is 0 Å². The first kappa shape index (κ1) is 13.0. The number of rotatable bonds is 3. The van der Waals surface area contributed by atoms with E-state index in [-0.39, 0.29) is 17.8 Å². The Morgan fingerprint density at radius 2 is 2.06 bits per heavy atom. The van der Waals surface area contributed by atoms with Crippen molar-refractivity contribution in [3.63, 3.8) is 0 Å². The molecule has 2 atom stereocenters. The van der Waals surface area contributed by atoms with Gasteiger partial charge in [-0.2, -0.15) is 0 Å². The lowest BCUT2D eigenvalue weighted by molar-refractivity contribution is -0.0539. The van der Waals surface area contributed by atoms with E-state index in [0.29, 0.717) is 0 Å². The second-order valence-electron chi connectivity index (χ2n) is 4.39. The number of methoxy groups -OCH3 is 1. The van der Waals surface area contributed by atoms with E-state index in [2.05, 4.69) is 4.98 Å². The first-order valence-corrected chi connectivity index (χ1v) is 6.05. The number of hydrogen-bond acceptors (Lipinski definition) is 4. The van der Waals surface area contributed by atoms with Crippen LogP contribution in [0, 0.1) is 5.82 Å². The lowest BCUT2D eigenvalue weighted by Gasteiger charge is -2.29. The Balaban J connectivity index is 2.02. The Morgan fingerprint density at radius 3 is 2.72 bits per heavy atom. The van der Waals surface area contributed by atoms with Crippen molar-refractivity contribution in [3.05, 3.63) is 29.8 Å². The average molecular weight is 253 g/mol. The quantitative estimate of drug-likeness (QED) is 0.776. The lowest BCUT2D eigenvalue weighted by Crippen LogP contribution is -2.35. The lowest BCUT2D eigenvalue weighted by atomic mass is 9.94. The first-order chi connectivity index (χ1) is 8.70. The highest BCUT2D eigenvalue weighted by Crippen LogP contribution is 2.24. The summed E-state index contributed by atoms with van der Waals surface area (Å²) in [7, 11) is 1.61. The largest absolute Gasteiger partial charge is 0.456 e. The van der Waals surface area contributed by atoms with Crippen molar-refractivity contribution in [2.75, 3.05) is 7.11 Å². The van der Waals surface area contributed by atoms with E-state index in [1.807, 2.05) is 0 Å². The fourth-order valence-electron chi connectivity index (χ4n) is 2.20. The Bertz CT molecular complexity index is 424. The van der Waals surface area contributed by atoms with Gasteiger partial charge in [-0.3, -0.25) is 4.98 Å². The third kappa shape index (κ3) is 3.04. The summed E-state index contributed by atoms with van der Waals surface area (Å²) >= 11 is 0. The number of carbonyl (C=O) groups is 1. The molecule has 98 valence electrons. The van der Waals surface area contributed by atoms with Crippen molar-refractivity contribution >= 4 is 5.97 Å². The Kier molecular flexibility index (Phi) is 4.25. The molecule has 0 radical (unpaired) electrons. The van der Waals surface area contributed by atoms with Gasteiger partial charge in [0, 0.05) is 13.3 Å². The summed E-state index contributed by atoms with van der Waals surface area (Å²) in [4.78, 5) is 15.5. The maximum atomic E-state index is 13.0. The summed E-state index contributed by atoms with van der Waals surface area (Å²) in [6, 6.07) is 1.12. The molecule has 0 N–H and O–H groups in total. The molecule has 0 aromatic carbocycles. The van der Waals surface area contributed by atoms with Crippen LogP contribution in [0.15, 0.2) is 18.5 Å². The molecular weight excluding hydrogens is 237 g/mol. The predicted octanol–water partition coefficient (Wildman–Crippen LogP) is 2.34. The Hall–Kier alpha value is -1.49. The summed E-state index contributed by atoms with van der Waals surface area (Å²) in [6.07, 6.45) is 5.80. The Labute approximate surface area is 105 Å². The topological polar surface area (TPSA) is 48.4 Å². The summed E-state index contributed by atoms with van der Waals surface area (Å²) < 4.78 is 23.6. The van der Waals surface area contributed by atoms with Crippen LogP contribution in [0.3, 0.4) is 0 Å². The molecule has 1 aromatic heterocycles. The fraction of sp³-hybridized carbons (Fsp3) is 0.538. The number of aromatic nitrogens is 1. The molecule has 18 heavy (non-hydrogen) atoms. The van der Waals surface area contributed by atoms with Crippen molar-refractivity contribution in [1.82, 2.24) is 4.98 Å². The van der Waals surface area contributed by atoms with Crippen molar-refractivity contribution in [2.45, 2.75) is 37.9 Å². The number of pyridine rings is 1. The van der Waals surface area contributed by atoms with Crippen LogP contribution in [0.5, 0.6) is 0 Å². The number of halogens is 1. The van der Waals surface area contributed by atoms with E-state index in [0.717, 1.165) is 37.9 Å². The molecule has 0 saturated heterocycles. The van der Waals surface area contributed by atoms with Crippen molar-refractivity contribution < 1.29 is 18.7 Å². The molecule has 1 fully saturated rings. The number of hydrogen-bond donors (Lipinski definition) is 0. The van der Waals surface area contributed by atoms with Crippen LogP contribution in [-0.4, -0.2) is 30.3 Å².